The molecule has 0 saturated carbocycles. The first-order chi connectivity index (χ1) is 14.1. The number of benzene rings is 2. The highest BCUT2D eigenvalue weighted by Crippen LogP contribution is 2.32. The van der Waals surface area contributed by atoms with Crippen LogP contribution in [0.25, 0.3) is 0 Å². The lowest BCUT2D eigenvalue weighted by Crippen LogP contribution is -2.14. The van der Waals surface area contributed by atoms with E-state index >= 15 is 0 Å². The van der Waals surface area contributed by atoms with Crippen molar-refractivity contribution in [2.75, 3.05) is 6.79 Å². The van der Waals surface area contributed by atoms with Gasteiger partial charge in [-0.05, 0) is 48.5 Å². The molecule has 150 valence electrons. The lowest BCUT2D eigenvalue weighted by atomic mass is 10.1. The van der Waals surface area contributed by atoms with Crippen molar-refractivity contribution in [3.8, 4) is 11.5 Å². The van der Waals surface area contributed by atoms with Crippen LogP contribution in [0, 0.1) is 5.82 Å². The molecule has 3 aromatic rings. The van der Waals surface area contributed by atoms with Gasteiger partial charge in [-0.1, -0.05) is 11.6 Å². The van der Waals surface area contributed by atoms with Gasteiger partial charge in [0.2, 0.25) is 5.76 Å². The molecule has 0 amide bonds. The number of hydrogen-bond donors (Lipinski definition) is 0. The molecule has 6 nitrogen and oxygen atoms in total. The fourth-order valence-corrected chi connectivity index (χ4v) is 3.09. The number of carbonyl (C=O) groups excluding carboxylic acids is 1. The Morgan fingerprint density at radius 3 is 2.76 bits per heavy atom. The van der Waals surface area contributed by atoms with E-state index in [0.717, 1.165) is 5.56 Å². The minimum atomic E-state index is -0.626. The van der Waals surface area contributed by atoms with Crippen molar-refractivity contribution in [2.45, 2.75) is 19.8 Å². The van der Waals surface area contributed by atoms with E-state index in [1.54, 1.807) is 18.2 Å². The van der Waals surface area contributed by atoms with Crippen LogP contribution in [0.15, 0.2) is 52.9 Å². The second-order valence-corrected chi connectivity index (χ2v) is 6.68. The zero-order chi connectivity index (χ0) is 20.2. The van der Waals surface area contributed by atoms with Gasteiger partial charge in [0.25, 0.3) is 0 Å². The number of halogens is 2. The summed E-state index contributed by atoms with van der Waals surface area (Å²) in [6.45, 7) is 0.579. The molecule has 0 atom stereocenters. The van der Waals surface area contributed by atoms with Crippen LogP contribution >= 0.6 is 11.6 Å². The van der Waals surface area contributed by atoms with Crippen LogP contribution < -0.4 is 9.47 Å². The molecule has 0 unspecified atom stereocenters. The van der Waals surface area contributed by atoms with E-state index in [2.05, 4.69) is 0 Å². The number of furan rings is 1. The van der Waals surface area contributed by atoms with Crippen LogP contribution in [0.5, 0.6) is 11.5 Å². The number of fused-ring (bicyclic) bond motifs is 1. The normalized spacial score (nSPS) is 12.8. The van der Waals surface area contributed by atoms with E-state index in [0.29, 0.717) is 34.5 Å². The maximum absolute atomic E-state index is 12.9. The number of hydrogen-bond acceptors (Lipinski definition) is 6. The summed E-state index contributed by atoms with van der Waals surface area (Å²) < 4.78 is 39.9. The Morgan fingerprint density at radius 1 is 1.10 bits per heavy atom. The summed E-state index contributed by atoms with van der Waals surface area (Å²) in [5.74, 6) is 0.603. The molecular formula is C21H16ClFO6. The first-order valence-corrected chi connectivity index (χ1v) is 9.12. The van der Waals surface area contributed by atoms with Gasteiger partial charge < -0.3 is 23.4 Å². The molecule has 8 heteroatoms. The first-order valence-electron chi connectivity index (χ1n) is 8.74. The van der Waals surface area contributed by atoms with Crippen molar-refractivity contribution in [2.24, 2.45) is 0 Å². The fourth-order valence-electron chi connectivity index (χ4n) is 2.83. The maximum Gasteiger partial charge on any atom is 0.374 e. The molecule has 0 N–H and O–H groups in total. The molecule has 0 saturated heterocycles. The summed E-state index contributed by atoms with van der Waals surface area (Å²) in [7, 11) is 0. The molecule has 2 heterocycles. The summed E-state index contributed by atoms with van der Waals surface area (Å²) in [5.41, 5.74) is 1.45. The summed E-state index contributed by atoms with van der Waals surface area (Å²) in [6, 6.07) is 12.2. The maximum atomic E-state index is 12.9. The molecule has 0 fully saturated rings. The standard InChI is InChI=1S/C21H16ClFO6/c22-15-7-13-9-25-12-28-20(13)14(8-15)10-27-21(24)19-6-5-18(29-19)11-26-17-3-1-16(23)2-4-17/h1-8H,9-12H2. The fraction of sp³-hybridized carbons (Fsp3) is 0.190. The van der Waals surface area contributed by atoms with Gasteiger partial charge in [0.15, 0.2) is 6.79 Å². The van der Waals surface area contributed by atoms with Crippen LogP contribution in [0.1, 0.15) is 27.4 Å². The third-order valence-corrected chi connectivity index (χ3v) is 4.39. The van der Waals surface area contributed by atoms with Gasteiger partial charge in [-0.15, -0.1) is 0 Å². The third-order valence-electron chi connectivity index (χ3n) is 4.17. The Hall–Kier alpha value is -3.03. The largest absolute Gasteiger partial charge is 0.486 e. The smallest absolute Gasteiger partial charge is 0.374 e. The summed E-state index contributed by atoms with van der Waals surface area (Å²) in [4.78, 5) is 12.3. The van der Waals surface area contributed by atoms with E-state index in [1.807, 2.05) is 0 Å². The van der Waals surface area contributed by atoms with Crippen LogP contribution in [0.2, 0.25) is 5.02 Å². The average Bonchev–Trinajstić information content (AvgIpc) is 3.20. The van der Waals surface area contributed by atoms with Gasteiger partial charge in [0.1, 0.15) is 36.3 Å². The molecule has 0 radical (unpaired) electrons. The van der Waals surface area contributed by atoms with Gasteiger partial charge in [-0.25, -0.2) is 9.18 Å². The van der Waals surface area contributed by atoms with Crippen molar-refractivity contribution < 1.29 is 32.5 Å². The Kier molecular flexibility index (Phi) is 5.69. The van der Waals surface area contributed by atoms with Gasteiger partial charge in [0, 0.05) is 16.1 Å². The lowest BCUT2D eigenvalue weighted by Gasteiger charge is -2.20. The number of esters is 1. The number of rotatable bonds is 6. The average molecular weight is 419 g/mol. The molecule has 1 aromatic heterocycles. The Bertz CT molecular complexity index is 1010. The van der Waals surface area contributed by atoms with E-state index in [-0.39, 0.29) is 31.6 Å². The highest BCUT2D eigenvalue weighted by Gasteiger charge is 2.19. The van der Waals surface area contributed by atoms with Crippen LogP contribution in [0.3, 0.4) is 0 Å². The number of carbonyl (C=O) groups is 1. The predicted molar refractivity (Wildman–Crippen MR) is 100 cm³/mol. The van der Waals surface area contributed by atoms with Crippen LogP contribution in [-0.4, -0.2) is 12.8 Å². The second kappa shape index (κ2) is 8.55. The molecule has 29 heavy (non-hydrogen) atoms. The van der Waals surface area contributed by atoms with E-state index in [9.17, 15) is 9.18 Å². The topological polar surface area (TPSA) is 67.1 Å². The van der Waals surface area contributed by atoms with Gasteiger partial charge in [0.05, 0.1) is 6.61 Å². The zero-order valence-electron chi connectivity index (χ0n) is 15.2. The minimum absolute atomic E-state index is 0.0240. The Morgan fingerprint density at radius 2 is 1.93 bits per heavy atom. The van der Waals surface area contributed by atoms with Crippen molar-refractivity contribution in [1.29, 1.82) is 0 Å². The van der Waals surface area contributed by atoms with Crippen molar-refractivity contribution >= 4 is 17.6 Å². The quantitative estimate of drug-likeness (QED) is 0.532. The molecule has 0 spiro atoms. The van der Waals surface area contributed by atoms with Gasteiger partial charge in [-0.3, -0.25) is 0 Å². The van der Waals surface area contributed by atoms with Gasteiger partial charge >= 0.3 is 5.97 Å². The van der Waals surface area contributed by atoms with E-state index in [1.165, 1.54) is 30.3 Å². The predicted octanol–water partition coefficient (Wildman–Crippen LogP) is 4.87. The molecule has 0 aliphatic carbocycles. The van der Waals surface area contributed by atoms with Crippen LogP contribution in [0.4, 0.5) is 4.39 Å². The monoisotopic (exact) mass is 418 g/mol. The third kappa shape index (κ3) is 4.70. The molecule has 2 aromatic carbocycles. The molecule has 0 bridgehead atoms. The zero-order valence-corrected chi connectivity index (χ0v) is 15.9. The minimum Gasteiger partial charge on any atom is -0.486 e. The Balaban J connectivity index is 1.36. The van der Waals surface area contributed by atoms with Crippen molar-refractivity contribution in [3.63, 3.8) is 0 Å². The first kappa shape index (κ1) is 19.3. The Labute approximate surface area is 170 Å². The van der Waals surface area contributed by atoms with E-state index in [4.69, 9.17) is 35.0 Å². The van der Waals surface area contributed by atoms with Crippen LogP contribution in [-0.2, 0) is 29.3 Å². The highest BCUT2D eigenvalue weighted by atomic mass is 35.5. The van der Waals surface area contributed by atoms with Crippen molar-refractivity contribution in [3.05, 3.63) is 82.0 Å². The SMILES string of the molecule is O=C(OCc1cc(Cl)cc2c1OCOC2)c1ccc(COc2ccc(F)cc2)o1. The number of ether oxygens (including phenoxy) is 4. The summed E-state index contributed by atoms with van der Waals surface area (Å²) in [6.07, 6.45) is 0. The molecular weight excluding hydrogens is 403 g/mol. The van der Waals surface area contributed by atoms with E-state index < -0.39 is 5.97 Å². The highest BCUT2D eigenvalue weighted by molar-refractivity contribution is 6.30. The summed E-state index contributed by atoms with van der Waals surface area (Å²) in [5, 5.41) is 0.502. The molecule has 4 rings (SSSR count). The van der Waals surface area contributed by atoms with Crippen molar-refractivity contribution in [1.82, 2.24) is 0 Å². The summed E-state index contributed by atoms with van der Waals surface area (Å²) >= 11 is 6.11. The van der Waals surface area contributed by atoms with Gasteiger partial charge in [-0.2, -0.15) is 0 Å². The molecule has 1 aliphatic heterocycles. The lowest BCUT2D eigenvalue weighted by molar-refractivity contribution is -0.0180. The second-order valence-electron chi connectivity index (χ2n) is 6.25. The molecule has 1 aliphatic rings.